The fourth-order valence-electron chi connectivity index (χ4n) is 3.65. The Bertz CT molecular complexity index is 1110. The van der Waals surface area contributed by atoms with Crippen molar-refractivity contribution in [2.75, 3.05) is 25.5 Å². The monoisotopic (exact) mass is 540 g/mol. The van der Waals surface area contributed by atoms with Gasteiger partial charge in [-0.25, -0.2) is 4.98 Å². The number of piperidine rings is 1. The Labute approximate surface area is 178 Å². The van der Waals surface area contributed by atoms with Gasteiger partial charge in [-0.1, -0.05) is 15.9 Å². The number of anilines is 1. The summed E-state index contributed by atoms with van der Waals surface area (Å²) < 4.78 is 1.70. The minimum Gasteiger partial charge on any atom is -0.327 e. The van der Waals surface area contributed by atoms with Gasteiger partial charge in [0.1, 0.15) is 5.82 Å². The maximum atomic E-state index is 12.9. The summed E-state index contributed by atoms with van der Waals surface area (Å²) in [7, 11) is 2.04. The molecule has 3 heterocycles. The van der Waals surface area contributed by atoms with Crippen LogP contribution in [0.1, 0.15) is 12.8 Å². The molecular weight excluding hydrogens is 523 g/mol. The second-order valence-corrected chi connectivity index (χ2v) is 9.01. The molecule has 1 atom stereocenters. The van der Waals surface area contributed by atoms with E-state index in [0.717, 1.165) is 44.7 Å². The van der Waals surface area contributed by atoms with Gasteiger partial charge in [0.05, 0.1) is 20.4 Å². The van der Waals surface area contributed by atoms with Gasteiger partial charge < -0.3 is 15.2 Å². The molecular formula is C19H18BrIN4O2. The predicted octanol–water partition coefficient (Wildman–Crippen LogP) is 3.72. The maximum Gasteiger partial charge on any atom is 0.258 e. The highest BCUT2D eigenvalue weighted by atomic mass is 127. The molecule has 140 valence electrons. The smallest absolute Gasteiger partial charge is 0.258 e. The van der Waals surface area contributed by atoms with E-state index in [1.807, 2.05) is 25.2 Å². The number of H-pyrrole nitrogens is 1. The average Bonchev–Trinajstić information content (AvgIpc) is 2.64. The molecule has 0 radical (unpaired) electrons. The number of pyridine rings is 2. The largest absolute Gasteiger partial charge is 0.327 e. The molecule has 1 saturated heterocycles. The van der Waals surface area contributed by atoms with Crippen LogP contribution in [0, 0.1) is 9.49 Å². The van der Waals surface area contributed by atoms with Gasteiger partial charge in [-0.05, 0) is 67.2 Å². The predicted molar refractivity (Wildman–Crippen MR) is 119 cm³/mol. The highest BCUT2D eigenvalue weighted by molar-refractivity contribution is 14.1. The molecule has 4 rings (SSSR count). The van der Waals surface area contributed by atoms with E-state index >= 15 is 0 Å². The third-order valence-corrected chi connectivity index (χ3v) is 6.30. The number of hydrogen-bond acceptors (Lipinski definition) is 4. The number of fused-ring (bicyclic) bond motifs is 3. The fraction of sp³-hybridized carbons (Fsp3) is 0.316. The zero-order valence-electron chi connectivity index (χ0n) is 14.7. The summed E-state index contributed by atoms with van der Waals surface area (Å²) in [5, 5.41) is 5.09. The van der Waals surface area contributed by atoms with Gasteiger partial charge in [0, 0.05) is 28.0 Å². The van der Waals surface area contributed by atoms with Crippen molar-refractivity contribution in [3.63, 3.8) is 0 Å². The molecule has 6 nitrogen and oxygen atoms in total. The number of carbonyl (C=O) groups excluding carboxylic acids is 1. The van der Waals surface area contributed by atoms with Gasteiger partial charge in [-0.2, -0.15) is 0 Å². The third kappa shape index (κ3) is 3.62. The molecule has 0 bridgehead atoms. The summed E-state index contributed by atoms with van der Waals surface area (Å²) in [6, 6.07) is 5.67. The zero-order chi connectivity index (χ0) is 19.1. The van der Waals surface area contributed by atoms with E-state index in [1.54, 1.807) is 6.20 Å². The van der Waals surface area contributed by atoms with Crippen molar-refractivity contribution in [3.05, 3.63) is 42.8 Å². The average molecular weight is 541 g/mol. The first kappa shape index (κ1) is 18.8. The number of aromatic amines is 1. The third-order valence-electron chi connectivity index (χ3n) is 4.99. The van der Waals surface area contributed by atoms with Crippen LogP contribution in [-0.2, 0) is 4.79 Å². The number of nitrogens with zero attached hydrogens (tertiary/aromatic N) is 2. The second kappa shape index (κ2) is 7.48. The van der Waals surface area contributed by atoms with Crippen molar-refractivity contribution < 1.29 is 4.79 Å². The molecule has 27 heavy (non-hydrogen) atoms. The van der Waals surface area contributed by atoms with E-state index in [2.05, 4.69) is 58.7 Å². The number of amides is 1. The number of benzene rings is 1. The highest BCUT2D eigenvalue weighted by Crippen LogP contribution is 2.32. The quantitative estimate of drug-likeness (QED) is 0.383. The maximum absolute atomic E-state index is 12.9. The van der Waals surface area contributed by atoms with Crippen molar-refractivity contribution in [3.8, 4) is 0 Å². The molecule has 1 fully saturated rings. The van der Waals surface area contributed by atoms with Crippen LogP contribution in [0.3, 0.4) is 0 Å². The van der Waals surface area contributed by atoms with E-state index in [1.165, 1.54) is 0 Å². The lowest BCUT2D eigenvalue weighted by molar-refractivity contribution is -0.121. The van der Waals surface area contributed by atoms with Crippen molar-refractivity contribution in [1.82, 2.24) is 14.9 Å². The summed E-state index contributed by atoms with van der Waals surface area (Å²) >= 11 is 5.63. The number of nitrogens with one attached hydrogen (secondary N) is 2. The minimum atomic E-state index is -0.187. The van der Waals surface area contributed by atoms with Crippen LogP contribution >= 0.6 is 38.5 Å². The van der Waals surface area contributed by atoms with E-state index in [-0.39, 0.29) is 17.4 Å². The SMILES string of the molecule is CN1CCC[C@H](C(=O)Nc2nc3c(I)c[nH]c(=O)c3c3cc(Br)ccc23)C1. The Kier molecular flexibility index (Phi) is 5.21. The first-order chi connectivity index (χ1) is 12.9. The minimum absolute atomic E-state index is 0.0162. The van der Waals surface area contributed by atoms with Crippen LogP contribution in [0.4, 0.5) is 5.82 Å². The zero-order valence-corrected chi connectivity index (χ0v) is 18.4. The van der Waals surface area contributed by atoms with Crippen LogP contribution in [0.5, 0.6) is 0 Å². The van der Waals surface area contributed by atoms with Crippen LogP contribution < -0.4 is 10.9 Å². The molecule has 1 aliphatic rings. The molecule has 0 unspecified atom stereocenters. The van der Waals surface area contributed by atoms with Gasteiger partial charge in [0.2, 0.25) is 5.91 Å². The lowest BCUT2D eigenvalue weighted by Crippen LogP contribution is -2.38. The first-order valence-electron chi connectivity index (χ1n) is 8.73. The van der Waals surface area contributed by atoms with E-state index in [0.29, 0.717) is 16.7 Å². The topological polar surface area (TPSA) is 78.1 Å². The van der Waals surface area contributed by atoms with E-state index in [9.17, 15) is 9.59 Å². The Hall–Kier alpha value is -1.52. The van der Waals surface area contributed by atoms with E-state index < -0.39 is 0 Å². The van der Waals surface area contributed by atoms with Gasteiger partial charge in [0.15, 0.2) is 0 Å². The number of carbonyl (C=O) groups is 1. The molecule has 1 aromatic carbocycles. The molecule has 8 heteroatoms. The highest BCUT2D eigenvalue weighted by Gasteiger charge is 2.25. The van der Waals surface area contributed by atoms with Gasteiger partial charge >= 0.3 is 0 Å². The van der Waals surface area contributed by atoms with Crippen molar-refractivity contribution in [2.24, 2.45) is 5.92 Å². The standard InChI is InChI=1S/C19H18BrIN4O2/c1-25-6-2-3-10(9-25)18(26)24-17-12-5-4-11(20)7-13(12)15-16(23-17)14(21)8-22-19(15)27/h4-5,7-8,10H,2-3,6,9H2,1H3,(H,22,27)(H,23,24,26)/t10-/m0/s1. The lowest BCUT2D eigenvalue weighted by atomic mass is 9.97. The number of rotatable bonds is 2. The molecule has 1 aliphatic heterocycles. The molecule has 0 spiro atoms. The molecule has 0 aliphatic carbocycles. The Balaban J connectivity index is 1.86. The van der Waals surface area contributed by atoms with Gasteiger partial charge in [-0.15, -0.1) is 0 Å². The van der Waals surface area contributed by atoms with Crippen molar-refractivity contribution >= 4 is 71.9 Å². The number of halogens is 2. The molecule has 3 aromatic rings. The van der Waals surface area contributed by atoms with Crippen molar-refractivity contribution in [1.29, 1.82) is 0 Å². The number of aromatic nitrogens is 2. The summed E-state index contributed by atoms with van der Waals surface area (Å²) in [5.41, 5.74) is 0.411. The Morgan fingerprint density at radius 3 is 3.00 bits per heavy atom. The normalized spacial score (nSPS) is 18.1. The van der Waals surface area contributed by atoms with Gasteiger partial charge in [0.25, 0.3) is 5.56 Å². The van der Waals surface area contributed by atoms with Crippen LogP contribution in [0.2, 0.25) is 0 Å². The van der Waals surface area contributed by atoms with Crippen molar-refractivity contribution in [2.45, 2.75) is 12.8 Å². The molecule has 1 amide bonds. The molecule has 2 N–H and O–H groups in total. The van der Waals surface area contributed by atoms with Crippen LogP contribution in [0.25, 0.3) is 21.7 Å². The van der Waals surface area contributed by atoms with Crippen LogP contribution in [0.15, 0.2) is 33.7 Å². The fourth-order valence-corrected chi connectivity index (χ4v) is 4.56. The molecule has 0 saturated carbocycles. The Morgan fingerprint density at radius 2 is 2.22 bits per heavy atom. The molecule has 2 aromatic heterocycles. The summed E-state index contributed by atoms with van der Waals surface area (Å²) in [4.78, 5) is 34.9. The first-order valence-corrected chi connectivity index (χ1v) is 10.6. The number of likely N-dealkylation sites (tertiary alicyclic amines) is 1. The van der Waals surface area contributed by atoms with Gasteiger partial charge in [-0.3, -0.25) is 9.59 Å². The van der Waals surface area contributed by atoms with Crippen LogP contribution in [-0.4, -0.2) is 40.9 Å². The summed E-state index contributed by atoms with van der Waals surface area (Å²) in [5.74, 6) is 0.439. The summed E-state index contributed by atoms with van der Waals surface area (Å²) in [6.45, 7) is 1.77. The Morgan fingerprint density at radius 1 is 1.41 bits per heavy atom. The lowest BCUT2D eigenvalue weighted by Gasteiger charge is -2.28. The second-order valence-electron chi connectivity index (χ2n) is 6.93. The summed E-state index contributed by atoms with van der Waals surface area (Å²) in [6.07, 6.45) is 3.54. The number of hydrogen-bond donors (Lipinski definition) is 2. The van der Waals surface area contributed by atoms with E-state index in [4.69, 9.17) is 0 Å².